The molecule has 0 aliphatic rings. The van der Waals surface area contributed by atoms with Crippen LogP contribution in [0.2, 0.25) is 20.1 Å². The second-order valence-electron chi connectivity index (χ2n) is 8.51. The predicted molar refractivity (Wildman–Crippen MR) is 157 cm³/mol. The number of benzene rings is 3. The molecule has 3 rings (SSSR count). The van der Waals surface area contributed by atoms with Gasteiger partial charge < -0.3 is 10.2 Å². The topological polar surface area (TPSA) is 86.8 Å². The lowest BCUT2D eigenvalue weighted by atomic mass is 10.1. The number of anilines is 1. The maximum absolute atomic E-state index is 14.0. The Kier molecular flexibility index (Phi) is 10.9. The largest absolute Gasteiger partial charge is 0.355 e. The molecule has 0 fully saturated rings. The Morgan fingerprint density at radius 3 is 2.15 bits per heavy atom. The molecule has 0 aromatic heterocycles. The smallest absolute Gasteiger partial charge is 0.264 e. The zero-order valence-electron chi connectivity index (χ0n) is 21.2. The summed E-state index contributed by atoms with van der Waals surface area (Å²) in [5, 5.41) is 3.72. The van der Waals surface area contributed by atoms with Crippen molar-refractivity contribution in [1.82, 2.24) is 10.2 Å². The number of nitrogens with one attached hydrogen (secondary N) is 1. The highest BCUT2D eigenvalue weighted by Crippen LogP contribution is 2.33. The van der Waals surface area contributed by atoms with Gasteiger partial charge in [0.05, 0.1) is 25.7 Å². The van der Waals surface area contributed by atoms with E-state index in [4.69, 9.17) is 46.4 Å². The fraction of sp³-hybridized carbons (Fsp3) is 0.259. The normalized spacial score (nSPS) is 12.1. The summed E-state index contributed by atoms with van der Waals surface area (Å²) in [6.45, 7) is 3.25. The van der Waals surface area contributed by atoms with Gasteiger partial charge in [-0.25, -0.2) is 8.42 Å². The number of sulfonamides is 1. The number of carbonyl (C=O) groups excluding carboxylic acids is 2. The van der Waals surface area contributed by atoms with Crippen LogP contribution < -0.4 is 9.62 Å². The molecular weight excluding hydrogens is 604 g/mol. The van der Waals surface area contributed by atoms with Crippen molar-refractivity contribution in [3.05, 3.63) is 92.4 Å². The number of likely N-dealkylation sites (N-methyl/N-ethyl adjacent to an activating group) is 1. The van der Waals surface area contributed by atoms with Crippen LogP contribution in [0.25, 0.3) is 0 Å². The van der Waals surface area contributed by atoms with Crippen molar-refractivity contribution in [3.8, 4) is 0 Å². The minimum absolute atomic E-state index is 0.0149. The maximum atomic E-state index is 14.0. The van der Waals surface area contributed by atoms with Gasteiger partial charge in [-0.2, -0.15) is 0 Å². The molecule has 39 heavy (non-hydrogen) atoms. The van der Waals surface area contributed by atoms with Gasteiger partial charge in [0.2, 0.25) is 11.8 Å². The van der Waals surface area contributed by atoms with E-state index in [1.165, 1.54) is 35.2 Å². The van der Waals surface area contributed by atoms with Crippen molar-refractivity contribution in [1.29, 1.82) is 0 Å². The van der Waals surface area contributed by atoms with Crippen molar-refractivity contribution in [2.24, 2.45) is 0 Å². The van der Waals surface area contributed by atoms with E-state index in [0.717, 1.165) is 4.31 Å². The van der Waals surface area contributed by atoms with E-state index in [9.17, 15) is 18.0 Å². The van der Waals surface area contributed by atoms with Gasteiger partial charge in [-0.3, -0.25) is 13.9 Å². The SMILES string of the molecule is CCNC(=O)[C@H](CC)N(Cc1ccc(Cl)c(Cl)c1)C(=O)CN(c1ccc(Cl)cc1Cl)S(=O)(=O)c1ccccc1. The third-order valence-electron chi connectivity index (χ3n) is 5.86. The van der Waals surface area contributed by atoms with Gasteiger partial charge in [0, 0.05) is 18.1 Å². The molecule has 0 aliphatic heterocycles. The van der Waals surface area contributed by atoms with Crippen LogP contribution >= 0.6 is 46.4 Å². The predicted octanol–water partition coefficient (Wildman–Crippen LogP) is 6.44. The molecule has 2 amide bonds. The molecule has 0 radical (unpaired) electrons. The molecule has 1 N–H and O–H groups in total. The molecule has 3 aromatic rings. The highest BCUT2D eigenvalue weighted by Gasteiger charge is 2.34. The Bertz CT molecular complexity index is 1440. The Balaban J connectivity index is 2.09. The lowest BCUT2D eigenvalue weighted by Gasteiger charge is -2.33. The van der Waals surface area contributed by atoms with E-state index in [1.54, 1.807) is 50.2 Å². The molecule has 12 heteroatoms. The number of carbonyl (C=O) groups is 2. The van der Waals surface area contributed by atoms with Crippen LogP contribution in [0.3, 0.4) is 0 Å². The Morgan fingerprint density at radius 2 is 1.56 bits per heavy atom. The van der Waals surface area contributed by atoms with Crippen LogP contribution in [0, 0.1) is 0 Å². The third-order valence-corrected chi connectivity index (χ3v) is 8.91. The lowest BCUT2D eigenvalue weighted by Crippen LogP contribution is -2.52. The summed E-state index contributed by atoms with van der Waals surface area (Å²) in [6.07, 6.45) is 0.284. The molecule has 208 valence electrons. The highest BCUT2D eigenvalue weighted by molar-refractivity contribution is 7.92. The second kappa shape index (κ2) is 13.7. The Hall–Kier alpha value is -2.49. The Labute approximate surface area is 248 Å². The first-order chi connectivity index (χ1) is 18.5. The number of nitrogens with zero attached hydrogens (tertiary/aromatic N) is 2. The summed E-state index contributed by atoms with van der Waals surface area (Å²) in [6, 6.07) is 16.0. The molecule has 0 saturated carbocycles. The zero-order valence-corrected chi connectivity index (χ0v) is 25.0. The summed E-state index contributed by atoms with van der Waals surface area (Å²) in [5.74, 6) is -0.986. The monoisotopic (exact) mass is 629 g/mol. The zero-order chi connectivity index (χ0) is 28.7. The van der Waals surface area contributed by atoms with E-state index in [1.807, 2.05) is 0 Å². The molecule has 1 atom stereocenters. The summed E-state index contributed by atoms with van der Waals surface area (Å²) in [7, 11) is -4.25. The molecule has 0 bridgehead atoms. The average Bonchev–Trinajstić information content (AvgIpc) is 2.90. The molecule has 0 aliphatic carbocycles. The highest BCUT2D eigenvalue weighted by atomic mass is 35.5. The van der Waals surface area contributed by atoms with Gasteiger partial charge in [-0.05, 0) is 61.4 Å². The molecule has 0 spiro atoms. The molecule has 0 saturated heterocycles. The van der Waals surface area contributed by atoms with Crippen molar-refractivity contribution < 1.29 is 18.0 Å². The first-order valence-electron chi connectivity index (χ1n) is 12.0. The Morgan fingerprint density at radius 1 is 0.872 bits per heavy atom. The molecular formula is C27H27Cl4N3O4S. The van der Waals surface area contributed by atoms with E-state index in [2.05, 4.69) is 5.32 Å². The van der Waals surface area contributed by atoms with Gasteiger partial charge in [-0.1, -0.05) is 77.6 Å². The number of rotatable bonds is 11. The lowest BCUT2D eigenvalue weighted by molar-refractivity contribution is -0.140. The minimum Gasteiger partial charge on any atom is -0.355 e. The molecule has 7 nitrogen and oxygen atoms in total. The van der Waals surface area contributed by atoms with Gasteiger partial charge in [-0.15, -0.1) is 0 Å². The number of hydrogen-bond acceptors (Lipinski definition) is 4. The van der Waals surface area contributed by atoms with E-state index >= 15 is 0 Å². The van der Waals surface area contributed by atoms with E-state index in [-0.39, 0.29) is 39.5 Å². The third kappa shape index (κ3) is 7.58. The van der Waals surface area contributed by atoms with Crippen LogP contribution in [0.15, 0.2) is 71.6 Å². The van der Waals surface area contributed by atoms with Gasteiger partial charge in [0.25, 0.3) is 10.0 Å². The molecule has 0 unspecified atom stereocenters. The first-order valence-corrected chi connectivity index (χ1v) is 15.0. The van der Waals surface area contributed by atoms with Crippen LogP contribution in [0.1, 0.15) is 25.8 Å². The maximum Gasteiger partial charge on any atom is 0.264 e. The summed E-state index contributed by atoms with van der Waals surface area (Å²) >= 11 is 24.7. The van der Waals surface area contributed by atoms with Crippen molar-refractivity contribution in [3.63, 3.8) is 0 Å². The second-order valence-corrected chi connectivity index (χ2v) is 12.0. The summed E-state index contributed by atoms with van der Waals surface area (Å²) < 4.78 is 28.5. The van der Waals surface area contributed by atoms with Gasteiger partial charge in [0.15, 0.2) is 0 Å². The quantitative estimate of drug-likeness (QED) is 0.264. The first kappa shape index (κ1) is 31.0. The summed E-state index contributed by atoms with van der Waals surface area (Å²) in [4.78, 5) is 28.2. The number of amides is 2. The van der Waals surface area contributed by atoms with Crippen LogP contribution in [0.4, 0.5) is 5.69 Å². The minimum atomic E-state index is -4.25. The number of hydrogen-bond donors (Lipinski definition) is 1. The standard InChI is InChI=1S/C27H27Cl4N3O4S/c1-3-24(27(36)32-4-2)33(16-18-10-12-21(29)22(30)14-18)26(35)17-34(25-13-11-19(28)15-23(25)31)39(37,38)20-8-6-5-7-9-20/h5-15,24H,3-4,16-17H2,1-2H3,(H,32,36)/t24-/m0/s1. The van der Waals surface area contributed by atoms with Crippen molar-refractivity contribution >= 4 is 73.9 Å². The molecule has 3 aromatic carbocycles. The van der Waals surface area contributed by atoms with Crippen molar-refractivity contribution in [2.45, 2.75) is 37.8 Å². The average molecular weight is 631 g/mol. The summed E-state index contributed by atoms with van der Waals surface area (Å²) in [5.41, 5.74) is 0.682. The fourth-order valence-corrected chi connectivity index (χ4v) is 6.30. The van der Waals surface area contributed by atoms with Crippen molar-refractivity contribution in [2.75, 3.05) is 17.4 Å². The van der Waals surface area contributed by atoms with Crippen LogP contribution in [0.5, 0.6) is 0 Å². The fourth-order valence-electron chi connectivity index (χ4n) is 3.96. The van der Waals surface area contributed by atoms with E-state index in [0.29, 0.717) is 22.2 Å². The number of halogens is 4. The van der Waals surface area contributed by atoms with Gasteiger partial charge >= 0.3 is 0 Å². The molecule has 0 heterocycles. The van der Waals surface area contributed by atoms with Gasteiger partial charge in [0.1, 0.15) is 12.6 Å². The van der Waals surface area contributed by atoms with Crippen LogP contribution in [-0.2, 0) is 26.2 Å². The van der Waals surface area contributed by atoms with E-state index < -0.39 is 28.5 Å². The van der Waals surface area contributed by atoms with Crippen LogP contribution in [-0.4, -0.2) is 44.3 Å².